The number of phenolic OH excluding ortho intramolecular Hbond substituents is 2. The Balaban J connectivity index is 0.00000420. The average Bonchev–Trinajstić information content (AvgIpc) is 2.62. The van der Waals surface area contributed by atoms with Crippen molar-refractivity contribution >= 4 is 11.9 Å². The molecule has 2 aromatic rings. The Morgan fingerprint density at radius 3 is 1.34 bits per heavy atom. The van der Waals surface area contributed by atoms with Crippen molar-refractivity contribution in [3.63, 3.8) is 0 Å². The van der Waals surface area contributed by atoms with Crippen LogP contribution in [0.1, 0.15) is 11.1 Å². The molecule has 0 atom stereocenters. The molecule has 0 radical (unpaired) electrons. The summed E-state index contributed by atoms with van der Waals surface area (Å²) in [6.07, 6.45) is 0. The summed E-state index contributed by atoms with van der Waals surface area (Å²) < 4.78 is 0. The van der Waals surface area contributed by atoms with Gasteiger partial charge in [-0.3, -0.25) is 19.4 Å². The second-order valence-electron chi connectivity index (χ2n) is 6.47. The fourth-order valence-electron chi connectivity index (χ4n) is 2.86. The van der Waals surface area contributed by atoms with Crippen LogP contribution in [-0.4, -0.2) is 73.8 Å². The normalized spacial score (nSPS) is 10.7. The summed E-state index contributed by atoms with van der Waals surface area (Å²) in [5.74, 6) is -1.87. The number of nitrogens with zero attached hydrogens (tertiary/aromatic N) is 2. The minimum Gasteiger partial charge on any atom is -0.508 e. The summed E-state index contributed by atoms with van der Waals surface area (Å²) in [6, 6.07) is 13.4. The number of hydrogen-bond acceptors (Lipinski definition) is 6. The van der Waals surface area contributed by atoms with Gasteiger partial charge in [0, 0.05) is 37.3 Å². The molecular weight excluding hydrogens is 380 g/mol. The Kier molecular flexibility index (Phi) is 9.60. The molecule has 0 aliphatic rings. The van der Waals surface area contributed by atoms with Crippen LogP contribution in [-0.2, 0) is 22.7 Å². The highest BCUT2D eigenvalue weighted by Gasteiger charge is 2.17. The molecule has 29 heavy (non-hydrogen) atoms. The molecule has 158 valence electrons. The highest BCUT2D eigenvalue weighted by atomic mass is 16.4. The number of aromatic hydroxyl groups is 2. The maximum atomic E-state index is 11.2. The van der Waals surface area contributed by atoms with Gasteiger partial charge in [0.25, 0.3) is 0 Å². The van der Waals surface area contributed by atoms with E-state index in [9.17, 15) is 19.8 Å². The second kappa shape index (κ2) is 11.6. The molecule has 0 aromatic heterocycles. The van der Waals surface area contributed by atoms with Gasteiger partial charge in [-0.1, -0.05) is 36.4 Å². The summed E-state index contributed by atoms with van der Waals surface area (Å²) in [7, 11) is 0. The average molecular weight is 406 g/mol. The molecule has 0 fully saturated rings. The number of phenols is 2. The highest BCUT2D eigenvalue weighted by molar-refractivity contribution is 5.69. The summed E-state index contributed by atoms with van der Waals surface area (Å²) in [5, 5.41) is 38.2. The highest BCUT2D eigenvalue weighted by Crippen LogP contribution is 2.19. The summed E-state index contributed by atoms with van der Waals surface area (Å²) >= 11 is 0. The van der Waals surface area contributed by atoms with Gasteiger partial charge in [-0.05, 0) is 12.1 Å². The van der Waals surface area contributed by atoms with Crippen molar-refractivity contribution in [2.45, 2.75) is 13.1 Å². The predicted molar refractivity (Wildman–Crippen MR) is 106 cm³/mol. The maximum absolute atomic E-state index is 11.2. The third-order valence-electron chi connectivity index (χ3n) is 4.22. The van der Waals surface area contributed by atoms with E-state index >= 15 is 0 Å². The zero-order valence-corrected chi connectivity index (χ0v) is 15.9. The monoisotopic (exact) mass is 406 g/mol. The van der Waals surface area contributed by atoms with Crippen molar-refractivity contribution < 1.29 is 35.5 Å². The van der Waals surface area contributed by atoms with Gasteiger partial charge in [-0.2, -0.15) is 0 Å². The van der Waals surface area contributed by atoms with Crippen molar-refractivity contribution in [3.05, 3.63) is 59.7 Å². The molecule has 0 heterocycles. The topological polar surface area (TPSA) is 153 Å². The molecule has 0 saturated carbocycles. The molecule has 2 aromatic carbocycles. The number of carbonyl (C=O) groups is 2. The van der Waals surface area contributed by atoms with Crippen LogP contribution in [0.5, 0.6) is 11.5 Å². The van der Waals surface area contributed by atoms with Gasteiger partial charge in [0.1, 0.15) is 11.5 Å². The largest absolute Gasteiger partial charge is 0.508 e. The van der Waals surface area contributed by atoms with E-state index in [0.29, 0.717) is 11.1 Å². The van der Waals surface area contributed by atoms with E-state index in [4.69, 9.17) is 10.2 Å². The van der Waals surface area contributed by atoms with Crippen LogP contribution < -0.4 is 0 Å². The number of carboxylic acids is 2. The van der Waals surface area contributed by atoms with Crippen LogP contribution in [0, 0.1) is 0 Å². The number of benzene rings is 2. The molecule has 6 N–H and O–H groups in total. The van der Waals surface area contributed by atoms with E-state index < -0.39 is 11.9 Å². The van der Waals surface area contributed by atoms with Crippen LogP contribution >= 0.6 is 0 Å². The number of carboxylic acid groups (broad SMARTS) is 2. The smallest absolute Gasteiger partial charge is 0.317 e. The van der Waals surface area contributed by atoms with E-state index in [1.54, 1.807) is 46.2 Å². The molecule has 0 saturated heterocycles. The lowest BCUT2D eigenvalue weighted by Gasteiger charge is -2.26. The van der Waals surface area contributed by atoms with Crippen molar-refractivity contribution in [2.75, 3.05) is 26.2 Å². The SMILES string of the molecule is O.O=C(O)CN(CCN(CC(=O)O)Cc1ccccc1O)Cc1ccccc1O. The number of aliphatic carboxylic acids is 2. The predicted octanol–water partition coefficient (Wildman–Crippen LogP) is 0.746. The first-order chi connectivity index (χ1) is 13.3. The van der Waals surface area contributed by atoms with E-state index in [-0.39, 0.29) is 56.2 Å². The molecule has 9 nitrogen and oxygen atoms in total. The minimum atomic E-state index is -1.01. The first-order valence-electron chi connectivity index (χ1n) is 8.77. The Hall–Kier alpha value is -3.14. The molecule has 0 spiro atoms. The Bertz CT molecular complexity index is 745. The van der Waals surface area contributed by atoms with E-state index in [1.165, 1.54) is 12.1 Å². The summed E-state index contributed by atoms with van der Waals surface area (Å²) in [5.41, 5.74) is 1.18. The molecule has 0 amide bonds. The van der Waals surface area contributed by atoms with Crippen molar-refractivity contribution in [1.29, 1.82) is 0 Å². The van der Waals surface area contributed by atoms with Gasteiger partial charge in [-0.15, -0.1) is 0 Å². The number of para-hydroxylation sites is 2. The first kappa shape index (κ1) is 23.9. The molecular formula is C20H26N2O7. The third-order valence-corrected chi connectivity index (χ3v) is 4.22. The Labute approximate surface area is 168 Å². The fourth-order valence-corrected chi connectivity index (χ4v) is 2.86. The number of rotatable bonds is 11. The molecule has 0 aliphatic heterocycles. The maximum Gasteiger partial charge on any atom is 0.317 e. The van der Waals surface area contributed by atoms with Crippen molar-refractivity contribution in [2.24, 2.45) is 0 Å². The molecule has 0 bridgehead atoms. The van der Waals surface area contributed by atoms with Crippen molar-refractivity contribution in [1.82, 2.24) is 9.80 Å². The van der Waals surface area contributed by atoms with Gasteiger partial charge >= 0.3 is 11.9 Å². The van der Waals surface area contributed by atoms with Crippen LogP contribution in [0.2, 0.25) is 0 Å². The molecule has 0 aliphatic carbocycles. The van der Waals surface area contributed by atoms with Crippen LogP contribution in [0.4, 0.5) is 0 Å². The minimum absolute atomic E-state index is 0. The Morgan fingerprint density at radius 2 is 1.03 bits per heavy atom. The fraction of sp³-hybridized carbons (Fsp3) is 0.300. The zero-order valence-electron chi connectivity index (χ0n) is 15.9. The van der Waals surface area contributed by atoms with Crippen molar-refractivity contribution in [3.8, 4) is 11.5 Å². The van der Waals surface area contributed by atoms with Gasteiger partial charge in [0.05, 0.1) is 13.1 Å². The third kappa shape index (κ3) is 8.18. The summed E-state index contributed by atoms with van der Waals surface area (Å²) in [4.78, 5) is 25.6. The van der Waals surface area contributed by atoms with Crippen LogP contribution in [0.25, 0.3) is 0 Å². The van der Waals surface area contributed by atoms with E-state index in [0.717, 1.165) is 0 Å². The number of hydrogen-bond donors (Lipinski definition) is 4. The van der Waals surface area contributed by atoms with Crippen LogP contribution in [0.3, 0.4) is 0 Å². The van der Waals surface area contributed by atoms with Crippen LogP contribution in [0.15, 0.2) is 48.5 Å². The lowest BCUT2D eigenvalue weighted by Crippen LogP contribution is -2.39. The zero-order chi connectivity index (χ0) is 20.5. The molecule has 2 rings (SSSR count). The summed E-state index contributed by atoms with van der Waals surface area (Å²) in [6.45, 7) is 0.508. The van der Waals surface area contributed by atoms with Gasteiger partial charge in [0.15, 0.2) is 0 Å². The van der Waals surface area contributed by atoms with E-state index in [2.05, 4.69) is 0 Å². The second-order valence-corrected chi connectivity index (χ2v) is 6.47. The van der Waals surface area contributed by atoms with Gasteiger partial charge in [0.2, 0.25) is 0 Å². The Morgan fingerprint density at radius 1 is 0.690 bits per heavy atom. The molecule has 0 unspecified atom stereocenters. The molecule has 9 heteroatoms. The van der Waals surface area contributed by atoms with E-state index in [1.807, 2.05) is 0 Å². The van der Waals surface area contributed by atoms with Gasteiger partial charge in [-0.25, -0.2) is 0 Å². The quantitative estimate of drug-likeness (QED) is 0.426. The first-order valence-corrected chi connectivity index (χ1v) is 8.77. The lowest BCUT2D eigenvalue weighted by atomic mass is 10.1. The lowest BCUT2D eigenvalue weighted by molar-refractivity contribution is -0.140. The van der Waals surface area contributed by atoms with Gasteiger partial charge < -0.3 is 25.9 Å². The standard InChI is InChI=1S/C20H24N2O6.H2O/c23-17-7-3-1-5-15(17)11-21(13-19(25)26)9-10-22(14-20(27)28)12-16-6-2-4-8-18(16)24;/h1-8,23-24H,9-14H2,(H,25,26)(H,27,28);1H2.